The Kier molecular flexibility index (Phi) is 4.53. The van der Waals surface area contributed by atoms with Gasteiger partial charge in [-0.2, -0.15) is 0 Å². The molecule has 1 aliphatic rings. The molecule has 2 N–H and O–H groups in total. The van der Waals surface area contributed by atoms with E-state index in [2.05, 4.69) is 13.8 Å². The summed E-state index contributed by atoms with van der Waals surface area (Å²) in [6.07, 6.45) is 2.48. The zero-order valence-corrected chi connectivity index (χ0v) is 12.6. The lowest BCUT2D eigenvalue weighted by Gasteiger charge is -2.27. The number of nitrogen functional groups attached to an aromatic ring is 1. The Hall–Kier alpha value is -1.71. The predicted octanol–water partition coefficient (Wildman–Crippen LogP) is 2.93. The van der Waals surface area contributed by atoms with Gasteiger partial charge in [-0.25, -0.2) is 0 Å². The number of ether oxygens (including phenoxy) is 1. The summed E-state index contributed by atoms with van der Waals surface area (Å²) in [5.41, 5.74) is 7.10. The molecule has 0 saturated heterocycles. The zero-order chi connectivity index (χ0) is 14.7. The molecular formula is C16H24N2O2. The molecule has 0 atom stereocenters. The van der Waals surface area contributed by atoms with Gasteiger partial charge in [-0.05, 0) is 57.7 Å². The molecule has 0 aliphatic heterocycles. The molecule has 4 nitrogen and oxygen atoms in total. The maximum absolute atomic E-state index is 12.6. The van der Waals surface area contributed by atoms with E-state index in [0.717, 1.165) is 6.54 Å². The highest BCUT2D eigenvalue weighted by Crippen LogP contribution is 2.31. The van der Waals surface area contributed by atoms with Crippen LogP contribution in [0.25, 0.3) is 0 Å². The van der Waals surface area contributed by atoms with E-state index in [1.165, 1.54) is 12.8 Å². The quantitative estimate of drug-likeness (QED) is 0.813. The summed E-state index contributed by atoms with van der Waals surface area (Å²) in [7, 11) is 0. The average molecular weight is 276 g/mol. The molecule has 1 aromatic carbocycles. The van der Waals surface area contributed by atoms with E-state index in [9.17, 15) is 4.79 Å². The monoisotopic (exact) mass is 276 g/mol. The number of carbonyl (C=O) groups is 1. The van der Waals surface area contributed by atoms with Crippen molar-refractivity contribution in [3.63, 3.8) is 0 Å². The average Bonchev–Trinajstić information content (AvgIpc) is 3.21. The first-order valence-corrected chi connectivity index (χ1v) is 7.36. The van der Waals surface area contributed by atoms with Crippen molar-refractivity contribution in [3.8, 4) is 5.75 Å². The van der Waals surface area contributed by atoms with Crippen molar-refractivity contribution < 1.29 is 9.53 Å². The van der Waals surface area contributed by atoms with E-state index in [-0.39, 0.29) is 11.9 Å². The highest BCUT2D eigenvalue weighted by molar-refractivity contribution is 5.95. The van der Waals surface area contributed by atoms with Crippen LogP contribution in [0.4, 0.5) is 5.69 Å². The number of nitrogens with zero attached hydrogens (tertiary/aromatic N) is 1. The fourth-order valence-corrected chi connectivity index (χ4v) is 2.24. The minimum absolute atomic E-state index is 0.0571. The van der Waals surface area contributed by atoms with Crippen LogP contribution in [-0.4, -0.2) is 30.0 Å². The molecule has 4 heteroatoms. The second-order valence-corrected chi connectivity index (χ2v) is 5.68. The highest BCUT2D eigenvalue weighted by atomic mass is 16.5. The minimum atomic E-state index is 0.0571. The Bertz CT molecular complexity index is 481. The Morgan fingerprint density at radius 3 is 2.65 bits per heavy atom. The van der Waals surface area contributed by atoms with E-state index in [0.29, 0.717) is 29.5 Å². The molecule has 110 valence electrons. The van der Waals surface area contributed by atoms with Crippen LogP contribution >= 0.6 is 0 Å². The number of nitrogens with two attached hydrogens (primary N) is 1. The van der Waals surface area contributed by atoms with Crippen molar-refractivity contribution in [3.05, 3.63) is 23.8 Å². The summed E-state index contributed by atoms with van der Waals surface area (Å²) in [4.78, 5) is 14.5. The fourth-order valence-electron chi connectivity index (χ4n) is 2.24. The number of benzene rings is 1. The van der Waals surface area contributed by atoms with Crippen molar-refractivity contribution in [2.24, 2.45) is 5.92 Å². The molecule has 0 unspecified atom stereocenters. The SMILES string of the molecule is CCOc1ccc(C(=O)N(CC2CC2)C(C)C)cc1N. The van der Waals surface area contributed by atoms with E-state index >= 15 is 0 Å². The second kappa shape index (κ2) is 6.16. The predicted molar refractivity (Wildman–Crippen MR) is 80.9 cm³/mol. The number of carbonyl (C=O) groups excluding carboxylic acids is 1. The molecule has 1 fully saturated rings. The van der Waals surface area contributed by atoms with Gasteiger partial charge < -0.3 is 15.4 Å². The van der Waals surface area contributed by atoms with Gasteiger partial charge in [-0.15, -0.1) is 0 Å². The Morgan fingerprint density at radius 2 is 2.15 bits per heavy atom. The van der Waals surface area contributed by atoms with Gasteiger partial charge in [0.05, 0.1) is 12.3 Å². The molecule has 1 saturated carbocycles. The number of amides is 1. The van der Waals surface area contributed by atoms with Crippen molar-refractivity contribution in [1.82, 2.24) is 4.90 Å². The van der Waals surface area contributed by atoms with Crippen LogP contribution in [-0.2, 0) is 0 Å². The Morgan fingerprint density at radius 1 is 1.45 bits per heavy atom. The molecule has 0 aromatic heterocycles. The number of hydrogen-bond acceptors (Lipinski definition) is 3. The van der Waals surface area contributed by atoms with Crippen LogP contribution in [0, 0.1) is 5.92 Å². The van der Waals surface area contributed by atoms with Gasteiger partial charge in [-0.3, -0.25) is 4.79 Å². The Balaban J connectivity index is 2.15. The summed E-state index contributed by atoms with van der Waals surface area (Å²) in [6, 6.07) is 5.50. The van der Waals surface area contributed by atoms with Crippen LogP contribution < -0.4 is 10.5 Å². The van der Waals surface area contributed by atoms with Gasteiger partial charge in [-0.1, -0.05) is 0 Å². The van der Waals surface area contributed by atoms with E-state index in [1.54, 1.807) is 18.2 Å². The zero-order valence-electron chi connectivity index (χ0n) is 12.6. The lowest BCUT2D eigenvalue weighted by Crippen LogP contribution is -2.38. The largest absolute Gasteiger partial charge is 0.492 e. The molecule has 0 radical (unpaired) electrons. The van der Waals surface area contributed by atoms with Crippen LogP contribution in [0.3, 0.4) is 0 Å². The van der Waals surface area contributed by atoms with Gasteiger partial charge in [0, 0.05) is 18.2 Å². The maximum Gasteiger partial charge on any atom is 0.254 e. The van der Waals surface area contributed by atoms with Gasteiger partial charge in [0.15, 0.2) is 0 Å². The lowest BCUT2D eigenvalue weighted by molar-refractivity contribution is 0.0696. The van der Waals surface area contributed by atoms with E-state index < -0.39 is 0 Å². The molecule has 1 amide bonds. The standard InChI is InChI=1S/C16H24N2O2/c1-4-20-15-8-7-13(9-14(15)17)16(19)18(11(2)3)10-12-5-6-12/h7-9,11-12H,4-6,10,17H2,1-3H3. The van der Waals surface area contributed by atoms with E-state index in [1.807, 2.05) is 11.8 Å². The van der Waals surface area contributed by atoms with Crippen molar-refractivity contribution in [1.29, 1.82) is 0 Å². The van der Waals surface area contributed by atoms with Crippen LogP contribution in [0.2, 0.25) is 0 Å². The van der Waals surface area contributed by atoms with E-state index in [4.69, 9.17) is 10.5 Å². The summed E-state index contributed by atoms with van der Waals surface area (Å²) < 4.78 is 5.40. The van der Waals surface area contributed by atoms with Gasteiger partial charge >= 0.3 is 0 Å². The fraction of sp³-hybridized carbons (Fsp3) is 0.562. The first-order chi connectivity index (χ1) is 9.52. The minimum Gasteiger partial charge on any atom is -0.492 e. The highest BCUT2D eigenvalue weighted by Gasteiger charge is 2.28. The molecule has 2 rings (SSSR count). The molecule has 0 bridgehead atoms. The third-order valence-electron chi connectivity index (χ3n) is 3.59. The number of rotatable bonds is 6. The van der Waals surface area contributed by atoms with Crippen molar-refractivity contribution in [2.75, 3.05) is 18.9 Å². The third-order valence-corrected chi connectivity index (χ3v) is 3.59. The Labute approximate surface area is 120 Å². The van der Waals surface area contributed by atoms with Gasteiger partial charge in [0.1, 0.15) is 5.75 Å². The molecular weight excluding hydrogens is 252 g/mol. The molecule has 20 heavy (non-hydrogen) atoms. The van der Waals surface area contributed by atoms with Gasteiger partial charge in [0.2, 0.25) is 0 Å². The van der Waals surface area contributed by atoms with Gasteiger partial charge in [0.25, 0.3) is 5.91 Å². The topological polar surface area (TPSA) is 55.6 Å². The maximum atomic E-state index is 12.6. The third kappa shape index (κ3) is 3.44. The molecule has 1 aliphatic carbocycles. The van der Waals surface area contributed by atoms with Crippen LogP contribution in [0.15, 0.2) is 18.2 Å². The molecule has 0 spiro atoms. The summed E-state index contributed by atoms with van der Waals surface area (Å²) in [5.74, 6) is 1.38. The first-order valence-electron chi connectivity index (χ1n) is 7.36. The first kappa shape index (κ1) is 14.7. The van der Waals surface area contributed by atoms with Crippen molar-refractivity contribution in [2.45, 2.75) is 39.7 Å². The van der Waals surface area contributed by atoms with Crippen LogP contribution in [0.1, 0.15) is 44.0 Å². The summed E-state index contributed by atoms with van der Waals surface area (Å²) >= 11 is 0. The second-order valence-electron chi connectivity index (χ2n) is 5.68. The molecule has 0 heterocycles. The normalized spacial score (nSPS) is 14.4. The van der Waals surface area contributed by atoms with Crippen LogP contribution in [0.5, 0.6) is 5.75 Å². The lowest BCUT2D eigenvalue weighted by atomic mass is 10.1. The number of hydrogen-bond donors (Lipinski definition) is 1. The smallest absolute Gasteiger partial charge is 0.254 e. The number of anilines is 1. The summed E-state index contributed by atoms with van der Waals surface area (Å²) in [6.45, 7) is 7.44. The van der Waals surface area contributed by atoms with Crippen molar-refractivity contribution >= 4 is 11.6 Å². The summed E-state index contributed by atoms with van der Waals surface area (Å²) in [5, 5.41) is 0. The molecule has 1 aromatic rings.